The predicted molar refractivity (Wildman–Crippen MR) is 67.3 cm³/mol. The van der Waals surface area contributed by atoms with E-state index in [0.717, 1.165) is 0 Å². The van der Waals surface area contributed by atoms with Crippen molar-refractivity contribution in [1.82, 2.24) is 10.2 Å². The topological polar surface area (TPSA) is 49.4 Å². The SMILES string of the molecule is CC#CC1(C)NC(=O)C2C(Cl)=CC(Br)C(=O)N21. The molecule has 2 aliphatic rings. The Morgan fingerprint density at radius 1 is 1.59 bits per heavy atom. The van der Waals surface area contributed by atoms with Crippen molar-refractivity contribution in [2.45, 2.75) is 30.4 Å². The zero-order valence-corrected chi connectivity index (χ0v) is 11.6. The highest BCUT2D eigenvalue weighted by Crippen LogP contribution is 2.34. The average Bonchev–Trinajstić information content (AvgIpc) is 2.48. The first-order valence-corrected chi connectivity index (χ1v) is 6.30. The third-order valence-electron chi connectivity index (χ3n) is 2.76. The fourth-order valence-corrected chi connectivity index (χ4v) is 3.09. The molecule has 1 N–H and O–H groups in total. The van der Waals surface area contributed by atoms with Gasteiger partial charge >= 0.3 is 0 Å². The molecule has 1 saturated heterocycles. The minimum atomic E-state index is -0.992. The predicted octanol–water partition coefficient (Wildman–Crippen LogP) is 0.953. The van der Waals surface area contributed by atoms with Crippen molar-refractivity contribution < 1.29 is 9.59 Å². The summed E-state index contributed by atoms with van der Waals surface area (Å²) < 4.78 is 0. The first-order valence-electron chi connectivity index (χ1n) is 5.01. The molecule has 3 atom stereocenters. The lowest BCUT2D eigenvalue weighted by atomic mass is 10.1. The van der Waals surface area contributed by atoms with Gasteiger partial charge in [0.05, 0.1) is 0 Å². The molecular weight excluding hydrogens is 307 g/mol. The van der Waals surface area contributed by atoms with Crippen molar-refractivity contribution in [3.8, 4) is 11.8 Å². The summed E-state index contributed by atoms with van der Waals surface area (Å²) in [7, 11) is 0. The Morgan fingerprint density at radius 2 is 2.24 bits per heavy atom. The fourth-order valence-electron chi connectivity index (χ4n) is 2.11. The summed E-state index contributed by atoms with van der Waals surface area (Å²) >= 11 is 9.24. The van der Waals surface area contributed by atoms with Crippen molar-refractivity contribution in [3.63, 3.8) is 0 Å². The summed E-state index contributed by atoms with van der Waals surface area (Å²) in [5, 5.41) is 3.04. The maximum absolute atomic E-state index is 12.1. The number of carbonyl (C=O) groups is 2. The highest BCUT2D eigenvalue weighted by atomic mass is 79.9. The van der Waals surface area contributed by atoms with Crippen molar-refractivity contribution in [2.75, 3.05) is 0 Å². The molecule has 1 fully saturated rings. The zero-order chi connectivity index (χ0) is 12.8. The molecule has 4 nitrogen and oxygen atoms in total. The molecule has 0 aromatic heterocycles. The van der Waals surface area contributed by atoms with Gasteiger partial charge in [0.2, 0.25) is 5.91 Å². The standard InChI is InChI=1S/C11H10BrClN2O2/c1-3-4-11(2)14-9(16)8-7(13)5-6(12)10(17)15(8)11/h5-6,8H,1-2H3,(H,14,16). The van der Waals surface area contributed by atoms with Gasteiger partial charge in [-0.2, -0.15) is 0 Å². The highest BCUT2D eigenvalue weighted by molar-refractivity contribution is 9.10. The van der Waals surface area contributed by atoms with Gasteiger partial charge in [-0.15, -0.1) is 5.92 Å². The molecule has 2 rings (SSSR count). The minimum Gasteiger partial charge on any atom is -0.321 e. The molecule has 0 aromatic carbocycles. The molecule has 0 radical (unpaired) electrons. The van der Waals surface area contributed by atoms with Gasteiger partial charge < -0.3 is 5.32 Å². The van der Waals surface area contributed by atoms with Gasteiger partial charge in [-0.05, 0) is 19.9 Å². The average molecular weight is 318 g/mol. The van der Waals surface area contributed by atoms with E-state index in [0.29, 0.717) is 5.03 Å². The maximum atomic E-state index is 12.1. The van der Waals surface area contributed by atoms with Crippen LogP contribution in [0.4, 0.5) is 0 Å². The molecule has 0 aromatic rings. The van der Waals surface area contributed by atoms with Gasteiger partial charge in [0, 0.05) is 5.03 Å². The van der Waals surface area contributed by atoms with Crippen LogP contribution in [-0.4, -0.2) is 33.2 Å². The Labute approximate surface area is 112 Å². The molecule has 0 bridgehead atoms. The Balaban J connectivity index is 2.54. The van der Waals surface area contributed by atoms with Gasteiger partial charge in [0.1, 0.15) is 10.9 Å². The van der Waals surface area contributed by atoms with Crippen LogP contribution in [0.15, 0.2) is 11.1 Å². The van der Waals surface area contributed by atoms with Crippen LogP contribution in [0.25, 0.3) is 0 Å². The number of alkyl halides is 1. The van der Waals surface area contributed by atoms with E-state index in [2.05, 4.69) is 33.1 Å². The fraction of sp³-hybridized carbons (Fsp3) is 0.455. The van der Waals surface area contributed by atoms with Crippen molar-refractivity contribution in [3.05, 3.63) is 11.1 Å². The molecule has 2 amide bonds. The monoisotopic (exact) mass is 316 g/mol. The molecule has 3 unspecified atom stereocenters. The third kappa shape index (κ3) is 1.76. The summed E-state index contributed by atoms with van der Waals surface area (Å²) in [6, 6.07) is -0.760. The number of amides is 2. The smallest absolute Gasteiger partial charge is 0.251 e. The number of nitrogens with one attached hydrogen (secondary N) is 1. The Hall–Kier alpha value is -0.990. The van der Waals surface area contributed by atoms with Gasteiger partial charge in [0.15, 0.2) is 5.66 Å². The number of carbonyl (C=O) groups excluding carboxylic acids is 2. The van der Waals surface area contributed by atoms with Crippen LogP contribution in [0.5, 0.6) is 0 Å². The molecule has 0 saturated carbocycles. The van der Waals surface area contributed by atoms with Crippen molar-refractivity contribution in [2.24, 2.45) is 0 Å². The van der Waals surface area contributed by atoms with Crippen LogP contribution in [-0.2, 0) is 9.59 Å². The van der Waals surface area contributed by atoms with E-state index in [9.17, 15) is 9.59 Å². The third-order valence-corrected chi connectivity index (χ3v) is 3.75. The summed E-state index contributed by atoms with van der Waals surface area (Å²) in [4.78, 5) is 24.8. The normalized spacial score (nSPS) is 35.8. The van der Waals surface area contributed by atoms with E-state index in [1.54, 1.807) is 13.8 Å². The first-order chi connectivity index (χ1) is 7.90. The van der Waals surface area contributed by atoms with Gasteiger partial charge in [-0.25, -0.2) is 0 Å². The number of hydrogen-bond donors (Lipinski definition) is 1. The van der Waals surface area contributed by atoms with E-state index in [1.165, 1.54) is 11.0 Å². The minimum absolute atomic E-state index is 0.219. The number of nitrogens with zero attached hydrogens (tertiary/aromatic N) is 1. The second-order valence-corrected chi connectivity index (χ2v) is 5.42. The number of rotatable bonds is 0. The second-order valence-electron chi connectivity index (χ2n) is 4.00. The lowest BCUT2D eigenvalue weighted by molar-refractivity contribution is -0.135. The van der Waals surface area contributed by atoms with Crippen LogP contribution in [0.3, 0.4) is 0 Å². The zero-order valence-electron chi connectivity index (χ0n) is 9.25. The van der Waals surface area contributed by atoms with E-state index < -0.39 is 16.5 Å². The van der Waals surface area contributed by atoms with E-state index in [1.807, 2.05) is 0 Å². The van der Waals surface area contributed by atoms with Gasteiger partial charge in [-0.1, -0.05) is 33.5 Å². The van der Waals surface area contributed by atoms with Crippen LogP contribution in [0, 0.1) is 11.8 Å². The summed E-state index contributed by atoms with van der Waals surface area (Å²) in [5.41, 5.74) is -0.992. The molecule has 2 aliphatic heterocycles. The second kappa shape index (κ2) is 4.04. The van der Waals surface area contributed by atoms with Crippen LogP contribution in [0.1, 0.15) is 13.8 Å². The van der Waals surface area contributed by atoms with Crippen LogP contribution >= 0.6 is 27.5 Å². The number of fused-ring (bicyclic) bond motifs is 1. The maximum Gasteiger partial charge on any atom is 0.251 e. The van der Waals surface area contributed by atoms with Gasteiger partial charge in [-0.3, -0.25) is 14.5 Å². The lowest BCUT2D eigenvalue weighted by Crippen LogP contribution is -2.56. The number of halogens is 2. The Morgan fingerprint density at radius 3 is 2.82 bits per heavy atom. The Bertz CT molecular complexity index is 493. The largest absolute Gasteiger partial charge is 0.321 e. The summed E-state index contributed by atoms with van der Waals surface area (Å²) in [5.74, 6) is 5.03. The van der Waals surface area contributed by atoms with Crippen LogP contribution in [0.2, 0.25) is 0 Å². The molecule has 90 valence electrons. The Kier molecular flexibility index (Phi) is 2.96. The van der Waals surface area contributed by atoms with E-state index >= 15 is 0 Å². The van der Waals surface area contributed by atoms with E-state index in [4.69, 9.17) is 11.6 Å². The molecule has 17 heavy (non-hydrogen) atoms. The van der Waals surface area contributed by atoms with Crippen LogP contribution < -0.4 is 5.32 Å². The number of hydrogen-bond acceptors (Lipinski definition) is 2. The lowest BCUT2D eigenvalue weighted by Gasteiger charge is -2.36. The summed E-state index contributed by atoms with van der Waals surface area (Å²) in [6.45, 7) is 3.34. The molecule has 0 spiro atoms. The van der Waals surface area contributed by atoms with Crippen molar-refractivity contribution >= 4 is 39.3 Å². The van der Waals surface area contributed by atoms with E-state index in [-0.39, 0.29) is 11.8 Å². The van der Waals surface area contributed by atoms with Gasteiger partial charge in [0.25, 0.3) is 5.91 Å². The molecule has 6 heteroatoms. The molecular formula is C11H10BrClN2O2. The molecule has 2 heterocycles. The molecule has 0 aliphatic carbocycles. The first kappa shape index (κ1) is 12.5. The van der Waals surface area contributed by atoms with Crippen molar-refractivity contribution in [1.29, 1.82) is 0 Å². The highest BCUT2D eigenvalue weighted by Gasteiger charge is 2.54. The summed E-state index contributed by atoms with van der Waals surface area (Å²) in [6.07, 6.45) is 1.54. The quantitative estimate of drug-likeness (QED) is 0.534.